The Balaban J connectivity index is 1.99. The molecule has 0 radical (unpaired) electrons. The maximum absolute atomic E-state index is 11.2. The number of nitrogens with zero attached hydrogens (tertiary/aromatic N) is 4. The zero-order valence-corrected chi connectivity index (χ0v) is 15.8. The summed E-state index contributed by atoms with van der Waals surface area (Å²) in [7, 11) is 0. The molecule has 0 saturated carbocycles. The largest absolute Gasteiger partial charge is 0.481 e. The van der Waals surface area contributed by atoms with E-state index in [2.05, 4.69) is 35.7 Å². The molecule has 3 rings (SSSR count). The van der Waals surface area contributed by atoms with Crippen molar-refractivity contribution in [1.29, 1.82) is 0 Å². The van der Waals surface area contributed by atoms with Crippen LogP contribution in [0.3, 0.4) is 0 Å². The second-order valence-corrected chi connectivity index (χ2v) is 6.99. The lowest BCUT2D eigenvalue weighted by atomic mass is 10.0. The van der Waals surface area contributed by atoms with Crippen LogP contribution in [-0.2, 0) is 17.8 Å². The molecular formula is C18H22ClN5O2. The summed E-state index contributed by atoms with van der Waals surface area (Å²) in [5.41, 5.74) is 11.0. The Labute approximate surface area is 157 Å². The molecule has 0 amide bonds. The summed E-state index contributed by atoms with van der Waals surface area (Å²) < 4.78 is 0. The van der Waals surface area contributed by atoms with Crippen molar-refractivity contribution in [3.8, 4) is 0 Å². The minimum absolute atomic E-state index is 0.0307. The molecule has 2 aromatic rings. The molecule has 1 atom stereocenters. The highest BCUT2D eigenvalue weighted by atomic mass is 35.5. The molecule has 1 aliphatic heterocycles. The van der Waals surface area contributed by atoms with Crippen LogP contribution in [0.15, 0.2) is 6.20 Å². The normalized spacial score (nSPS) is 16.0. The predicted molar refractivity (Wildman–Crippen MR) is 101 cm³/mol. The minimum atomic E-state index is -0.881. The summed E-state index contributed by atoms with van der Waals surface area (Å²) in [5.74, 6) is -0.466. The van der Waals surface area contributed by atoms with Gasteiger partial charge >= 0.3 is 5.97 Å². The Kier molecular flexibility index (Phi) is 5.00. The molecule has 0 aromatic carbocycles. The fourth-order valence-corrected chi connectivity index (χ4v) is 4.03. The third kappa shape index (κ3) is 3.31. The van der Waals surface area contributed by atoms with Gasteiger partial charge in [-0.1, -0.05) is 18.5 Å². The van der Waals surface area contributed by atoms with Crippen LogP contribution in [-0.4, -0.2) is 32.6 Å². The van der Waals surface area contributed by atoms with Crippen LogP contribution in [0.5, 0.6) is 0 Å². The Morgan fingerprint density at radius 2 is 2.15 bits per heavy atom. The topological polar surface area (TPSA) is 105 Å². The first-order valence-electron chi connectivity index (χ1n) is 8.55. The van der Waals surface area contributed by atoms with Gasteiger partial charge in [0.05, 0.1) is 18.7 Å². The molecule has 0 saturated heterocycles. The quantitative estimate of drug-likeness (QED) is 0.774. The molecule has 0 bridgehead atoms. The lowest BCUT2D eigenvalue weighted by Crippen LogP contribution is -2.24. The van der Waals surface area contributed by atoms with E-state index in [1.807, 2.05) is 11.1 Å². The smallest absolute Gasteiger partial charge is 0.304 e. The number of aryl methyl sites for hydroxylation is 1. The molecule has 0 fully saturated rings. The van der Waals surface area contributed by atoms with Crippen molar-refractivity contribution in [2.45, 2.75) is 46.1 Å². The van der Waals surface area contributed by atoms with Gasteiger partial charge in [0.25, 0.3) is 0 Å². The average Bonchev–Trinajstić information content (AvgIpc) is 2.87. The van der Waals surface area contributed by atoms with Gasteiger partial charge in [0.1, 0.15) is 11.0 Å². The summed E-state index contributed by atoms with van der Waals surface area (Å²) >= 11 is 6.25. The van der Waals surface area contributed by atoms with E-state index in [0.29, 0.717) is 24.5 Å². The molecule has 7 nitrogen and oxygen atoms in total. The van der Waals surface area contributed by atoms with Gasteiger partial charge in [-0.15, -0.1) is 0 Å². The lowest BCUT2D eigenvalue weighted by molar-refractivity contribution is -0.137. The first-order valence-corrected chi connectivity index (χ1v) is 8.93. The van der Waals surface area contributed by atoms with Crippen LogP contribution in [0.4, 0.5) is 11.8 Å². The van der Waals surface area contributed by atoms with E-state index in [4.69, 9.17) is 17.3 Å². The van der Waals surface area contributed by atoms with Gasteiger partial charge in [0.2, 0.25) is 5.95 Å². The van der Waals surface area contributed by atoms with Crippen LogP contribution in [0, 0.1) is 13.8 Å². The molecule has 0 spiro atoms. The summed E-state index contributed by atoms with van der Waals surface area (Å²) in [6.45, 7) is 7.28. The van der Waals surface area contributed by atoms with E-state index in [-0.39, 0.29) is 23.4 Å². The zero-order valence-electron chi connectivity index (χ0n) is 15.1. The van der Waals surface area contributed by atoms with E-state index in [1.165, 1.54) is 11.1 Å². The number of anilines is 2. The highest BCUT2D eigenvalue weighted by Crippen LogP contribution is 2.41. The molecule has 8 heteroatoms. The summed E-state index contributed by atoms with van der Waals surface area (Å²) in [4.78, 5) is 26.2. The van der Waals surface area contributed by atoms with E-state index in [1.54, 1.807) is 0 Å². The van der Waals surface area contributed by atoms with E-state index < -0.39 is 5.97 Å². The number of nitrogen functional groups attached to an aromatic ring is 1. The first-order chi connectivity index (χ1) is 12.3. The van der Waals surface area contributed by atoms with Gasteiger partial charge in [-0.2, -0.15) is 4.98 Å². The van der Waals surface area contributed by atoms with Crippen molar-refractivity contribution in [2.75, 3.05) is 17.2 Å². The highest BCUT2D eigenvalue weighted by Gasteiger charge is 2.35. The number of aliphatic carboxylic acids is 1. The number of rotatable bonds is 5. The molecule has 0 aliphatic carbocycles. The van der Waals surface area contributed by atoms with Crippen molar-refractivity contribution in [2.24, 2.45) is 0 Å². The number of hydrogen-bond donors (Lipinski definition) is 2. The third-order valence-electron chi connectivity index (χ3n) is 4.94. The Morgan fingerprint density at radius 1 is 1.42 bits per heavy atom. The van der Waals surface area contributed by atoms with Crippen molar-refractivity contribution >= 4 is 29.3 Å². The van der Waals surface area contributed by atoms with Gasteiger partial charge in [0.15, 0.2) is 0 Å². The molecular weight excluding hydrogens is 354 g/mol. The number of halogens is 1. The predicted octanol–water partition coefficient (Wildman–Crippen LogP) is 2.86. The molecule has 3 N–H and O–H groups in total. The number of aromatic nitrogens is 3. The van der Waals surface area contributed by atoms with Crippen molar-refractivity contribution in [3.63, 3.8) is 0 Å². The van der Waals surface area contributed by atoms with Crippen LogP contribution in [0.25, 0.3) is 0 Å². The van der Waals surface area contributed by atoms with Gasteiger partial charge < -0.3 is 15.7 Å². The van der Waals surface area contributed by atoms with Gasteiger partial charge in [-0.3, -0.25) is 9.78 Å². The third-order valence-corrected chi connectivity index (χ3v) is 5.22. The van der Waals surface area contributed by atoms with Gasteiger partial charge in [0, 0.05) is 24.2 Å². The number of hydrogen-bond acceptors (Lipinski definition) is 6. The summed E-state index contributed by atoms with van der Waals surface area (Å²) in [6, 6.07) is 0. The van der Waals surface area contributed by atoms with Crippen LogP contribution in [0.1, 0.15) is 47.2 Å². The van der Waals surface area contributed by atoms with Crippen molar-refractivity contribution in [3.05, 3.63) is 39.3 Å². The zero-order chi connectivity index (χ0) is 19.0. The maximum Gasteiger partial charge on any atom is 0.304 e. The van der Waals surface area contributed by atoms with Crippen LogP contribution < -0.4 is 10.6 Å². The minimum Gasteiger partial charge on any atom is -0.481 e. The SMILES string of the molecule is CCc1c(C)cnc(CN2C[C@@H](CC(=O)O)c3c(Cl)nc(N)nc32)c1C. The van der Waals surface area contributed by atoms with Gasteiger partial charge in [-0.05, 0) is 37.0 Å². The van der Waals surface area contributed by atoms with E-state index in [0.717, 1.165) is 17.7 Å². The molecule has 26 heavy (non-hydrogen) atoms. The summed E-state index contributed by atoms with van der Waals surface area (Å²) in [5, 5.41) is 9.45. The maximum atomic E-state index is 11.2. The van der Waals surface area contributed by atoms with E-state index in [9.17, 15) is 9.90 Å². The van der Waals surface area contributed by atoms with Crippen LogP contribution >= 0.6 is 11.6 Å². The number of fused-ring (bicyclic) bond motifs is 1. The number of carboxylic acids is 1. The second kappa shape index (κ2) is 7.07. The molecule has 2 aromatic heterocycles. The fourth-order valence-electron chi connectivity index (χ4n) is 3.70. The molecule has 138 valence electrons. The standard InChI is InChI=1S/C18H22ClN5O2/c1-4-12-9(2)6-21-13(10(12)3)8-24-7-11(5-14(25)26)15-16(19)22-18(20)23-17(15)24/h6,11H,4-5,7-8H2,1-3H3,(H,25,26)(H2,20,22,23)/t11-/m1/s1. The second-order valence-electron chi connectivity index (χ2n) is 6.63. The lowest BCUT2D eigenvalue weighted by Gasteiger charge is -2.21. The van der Waals surface area contributed by atoms with Crippen molar-refractivity contribution < 1.29 is 9.90 Å². The van der Waals surface area contributed by atoms with Crippen LogP contribution in [0.2, 0.25) is 5.15 Å². The van der Waals surface area contributed by atoms with Crippen molar-refractivity contribution in [1.82, 2.24) is 15.0 Å². The molecule has 0 unspecified atom stereocenters. The molecule has 1 aliphatic rings. The Hall–Kier alpha value is -2.41. The summed E-state index contributed by atoms with van der Waals surface area (Å²) in [6.07, 6.45) is 2.79. The first kappa shape index (κ1) is 18.4. The fraction of sp³-hybridized carbons (Fsp3) is 0.444. The highest BCUT2D eigenvalue weighted by molar-refractivity contribution is 6.30. The number of carboxylic acid groups (broad SMARTS) is 1. The average molecular weight is 376 g/mol. The number of nitrogens with two attached hydrogens (primary N) is 1. The Morgan fingerprint density at radius 3 is 2.81 bits per heavy atom. The van der Waals surface area contributed by atoms with Gasteiger partial charge in [-0.25, -0.2) is 4.98 Å². The Bertz CT molecular complexity index is 871. The molecule has 3 heterocycles. The van der Waals surface area contributed by atoms with E-state index >= 15 is 0 Å². The number of carbonyl (C=O) groups is 1. The monoisotopic (exact) mass is 375 g/mol. The number of pyridine rings is 1.